The molecule has 1 unspecified atom stereocenters. The molecule has 0 bridgehead atoms. The van der Waals surface area contributed by atoms with Gasteiger partial charge in [-0.2, -0.15) is 0 Å². The van der Waals surface area contributed by atoms with E-state index in [0.29, 0.717) is 17.0 Å². The fraction of sp³-hybridized carbons (Fsp3) is 0.154. The van der Waals surface area contributed by atoms with Crippen molar-refractivity contribution in [1.82, 2.24) is 0 Å². The minimum atomic E-state index is -0.779. The van der Waals surface area contributed by atoms with Crippen molar-refractivity contribution in [3.05, 3.63) is 95.6 Å². The zero-order valence-electron chi connectivity index (χ0n) is 18.1. The number of aliphatic hydroxyl groups is 1. The smallest absolute Gasteiger partial charge is 0.300 e. The van der Waals surface area contributed by atoms with Gasteiger partial charge in [-0.3, -0.25) is 14.5 Å². The molecule has 1 heterocycles. The first kappa shape index (κ1) is 21.2. The van der Waals surface area contributed by atoms with Gasteiger partial charge in [-0.05, 0) is 42.0 Å². The molecule has 0 spiro atoms. The number of amides is 1. The van der Waals surface area contributed by atoms with E-state index in [1.54, 1.807) is 48.5 Å². The topological polar surface area (TPSA) is 70.1 Å². The summed E-state index contributed by atoms with van der Waals surface area (Å²) in [5.74, 6) is -1.27. The predicted octanol–water partition coefficient (Wildman–Crippen LogP) is 4.39. The summed E-state index contributed by atoms with van der Waals surface area (Å²) in [6.45, 7) is 0. The number of para-hydroxylation sites is 2. The Hall–Kier alpha value is -4.06. The second kappa shape index (κ2) is 8.59. The van der Waals surface area contributed by atoms with Crippen LogP contribution in [0.2, 0.25) is 0 Å². The van der Waals surface area contributed by atoms with Crippen LogP contribution in [0.1, 0.15) is 17.2 Å². The van der Waals surface area contributed by atoms with Crippen LogP contribution in [0.5, 0.6) is 5.75 Å². The summed E-state index contributed by atoms with van der Waals surface area (Å²) < 4.78 is 5.37. The lowest BCUT2D eigenvalue weighted by molar-refractivity contribution is -0.132. The van der Waals surface area contributed by atoms with E-state index in [0.717, 1.165) is 11.3 Å². The molecule has 1 saturated heterocycles. The molecule has 1 fully saturated rings. The van der Waals surface area contributed by atoms with Gasteiger partial charge in [-0.25, -0.2) is 0 Å². The van der Waals surface area contributed by atoms with Gasteiger partial charge >= 0.3 is 0 Å². The Balaban J connectivity index is 1.95. The van der Waals surface area contributed by atoms with Crippen LogP contribution in [0, 0.1) is 0 Å². The lowest BCUT2D eigenvalue weighted by atomic mass is 9.94. The molecule has 0 saturated carbocycles. The third kappa shape index (κ3) is 3.60. The quantitative estimate of drug-likeness (QED) is 0.371. The molecule has 6 nitrogen and oxygen atoms in total. The number of carbonyl (C=O) groups is 2. The van der Waals surface area contributed by atoms with Crippen LogP contribution < -0.4 is 14.5 Å². The van der Waals surface area contributed by atoms with E-state index in [-0.39, 0.29) is 11.3 Å². The van der Waals surface area contributed by atoms with Gasteiger partial charge in [0.1, 0.15) is 11.5 Å². The van der Waals surface area contributed by atoms with E-state index in [9.17, 15) is 14.7 Å². The van der Waals surface area contributed by atoms with Crippen molar-refractivity contribution in [2.24, 2.45) is 0 Å². The predicted molar refractivity (Wildman–Crippen MR) is 125 cm³/mol. The number of hydrogen-bond acceptors (Lipinski definition) is 5. The third-order valence-corrected chi connectivity index (χ3v) is 5.57. The van der Waals surface area contributed by atoms with Crippen LogP contribution in [-0.2, 0) is 9.59 Å². The van der Waals surface area contributed by atoms with Gasteiger partial charge in [0.2, 0.25) is 0 Å². The molecule has 3 aromatic carbocycles. The highest BCUT2D eigenvalue weighted by Crippen LogP contribution is 2.43. The van der Waals surface area contributed by atoms with E-state index in [1.165, 1.54) is 12.0 Å². The Labute approximate surface area is 187 Å². The van der Waals surface area contributed by atoms with E-state index in [4.69, 9.17) is 4.74 Å². The molecule has 1 aliphatic heterocycles. The molecule has 0 radical (unpaired) electrons. The minimum absolute atomic E-state index is 0.0287. The second-order valence-electron chi connectivity index (χ2n) is 7.69. The van der Waals surface area contributed by atoms with Gasteiger partial charge in [0, 0.05) is 25.5 Å². The number of nitrogens with zero attached hydrogens (tertiary/aromatic N) is 2. The fourth-order valence-electron chi connectivity index (χ4n) is 3.94. The molecule has 1 amide bonds. The molecule has 4 rings (SSSR count). The number of methoxy groups -OCH3 is 1. The van der Waals surface area contributed by atoms with Crippen molar-refractivity contribution in [3.8, 4) is 5.75 Å². The third-order valence-electron chi connectivity index (χ3n) is 5.57. The summed E-state index contributed by atoms with van der Waals surface area (Å²) in [5, 5.41) is 11.3. The van der Waals surface area contributed by atoms with Crippen LogP contribution in [0.4, 0.5) is 11.4 Å². The molecule has 32 heavy (non-hydrogen) atoms. The normalized spacial score (nSPS) is 17.5. The molecular weight excluding hydrogens is 404 g/mol. The molecule has 0 aliphatic carbocycles. The zero-order chi connectivity index (χ0) is 22.8. The van der Waals surface area contributed by atoms with Crippen LogP contribution in [0.3, 0.4) is 0 Å². The lowest BCUT2D eigenvalue weighted by Crippen LogP contribution is -2.29. The zero-order valence-corrected chi connectivity index (χ0v) is 18.1. The SMILES string of the molecule is COc1ccccc1/C(O)=C1/C(=O)C(=O)N(c2ccccc2)C1c1ccc(N(C)C)cc1. The number of Topliss-reactive ketones (excluding diaryl/α,β-unsaturated/α-hetero) is 1. The number of rotatable bonds is 5. The minimum Gasteiger partial charge on any atom is -0.507 e. The Kier molecular flexibility index (Phi) is 5.69. The van der Waals surface area contributed by atoms with Gasteiger partial charge in [0.05, 0.1) is 24.3 Å². The number of aliphatic hydroxyl groups excluding tert-OH is 1. The number of ether oxygens (including phenoxy) is 1. The highest BCUT2D eigenvalue weighted by molar-refractivity contribution is 6.51. The number of carbonyl (C=O) groups excluding carboxylic acids is 2. The summed E-state index contributed by atoms with van der Waals surface area (Å²) in [7, 11) is 5.37. The highest BCUT2D eigenvalue weighted by atomic mass is 16.5. The van der Waals surface area contributed by atoms with Crippen molar-refractivity contribution < 1.29 is 19.4 Å². The van der Waals surface area contributed by atoms with E-state index in [2.05, 4.69) is 0 Å². The molecule has 1 aliphatic rings. The fourth-order valence-corrected chi connectivity index (χ4v) is 3.94. The summed E-state index contributed by atoms with van der Waals surface area (Å²) in [4.78, 5) is 29.8. The maximum Gasteiger partial charge on any atom is 0.300 e. The Morgan fingerprint density at radius 1 is 0.906 bits per heavy atom. The van der Waals surface area contributed by atoms with Crippen LogP contribution >= 0.6 is 0 Å². The average molecular weight is 428 g/mol. The second-order valence-corrected chi connectivity index (χ2v) is 7.69. The molecule has 1 N–H and O–H groups in total. The Bertz CT molecular complexity index is 1180. The van der Waals surface area contributed by atoms with Crippen molar-refractivity contribution in [2.75, 3.05) is 31.0 Å². The standard InChI is InChI=1S/C26H24N2O4/c1-27(2)18-15-13-17(14-16-18)23-22(24(29)20-11-7-8-12-21(20)32-3)25(30)26(31)28(23)19-9-5-4-6-10-19/h4-16,23,29H,1-3H3/b24-22-. The van der Waals surface area contributed by atoms with Crippen molar-refractivity contribution in [2.45, 2.75) is 6.04 Å². The summed E-state index contributed by atoms with van der Waals surface area (Å²) >= 11 is 0. The average Bonchev–Trinajstić information content (AvgIpc) is 3.09. The molecule has 3 aromatic rings. The van der Waals surface area contributed by atoms with E-state index in [1.807, 2.05) is 49.3 Å². The van der Waals surface area contributed by atoms with Gasteiger partial charge < -0.3 is 14.7 Å². The summed E-state index contributed by atoms with van der Waals surface area (Å²) in [6.07, 6.45) is 0. The number of anilines is 2. The molecule has 162 valence electrons. The summed E-state index contributed by atoms with van der Waals surface area (Å²) in [6, 6.07) is 22.7. The van der Waals surface area contributed by atoms with Crippen molar-refractivity contribution in [3.63, 3.8) is 0 Å². The maximum absolute atomic E-state index is 13.2. The Morgan fingerprint density at radius 3 is 2.16 bits per heavy atom. The maximum atomic E-state index is 13.2. The number of hydrogen-bond donors (Lipinski definition) is 1. The largest absolute Gasteiger partial charge is 0.507 e. The highest BCUT2D eigenvalue weighted by Gasteiger charge is 2.47. The van der Waals surface area contributed by atoms with E-state index < -0.39 is 17.7 Å². The van der Waals surface area contributed by atoms with Crippen LogP contribution in [0.15, 0.2) is 84.4 Å². The lowest BCUT2D eigenvalue weighted by Gasteiger charge is -2.26. The summed E-state index contributed by atoms with van der Waals surface area (Å²) in [5.41, 5.74) is 2.66. The monoisotopic (exact) mass is 428 g/mol. The van der Waals surface area contributed by atoms with Crippen LogP contribution in [-0.4, -0.2) is 38.0 Å². The first-order valence-corrected chi connectivity index (χ1v) is 10.2. The van der Waals surface area contributed by atoms with E-state index >= 15 is 0 Å². The molecular formula is C26H24N2O4. The van der Waals surface area contributed by atoms with Crippen molar-refractivity contribution in [1.29, 1.82) is 0 Å². The molecule has 1 atom stereocenters. The molecule has 0 aromatic heterocycles. The first-order valence-electron chi connectivity index (χ1n) is 10.2. The van der Waals surface area contributed by atoms with Gasteiger partial charge in [-0.1, -0.05) is 42.5 Å². The van der Waals surface area contributed by atoms with Gasteiger partial charge in [0.15, 0.2) is 0 Å². The van der Waals surface area contributed by atoms with Gasteiger partial charge in [-0.15, -0.1) is 0 Å². The van der Waals surface area contributed by atoms with Crippen molar-refractivity contribution >= 4 is 28.8 Å². The first-order chi connectivity index (χ1) is 15.4. The number of ketones is 1. The Morgan fingerprint density at radius 2 is 1.53 bits per heavy atom. The number of benzene rings is 3. The van der Waals surface area contributed by atoms with Gasteiger partial charge in [0.25, 0.3) is 11.7 Å². The van der Waals surface area contributed by atoms with Crippen LogP contribution in [0.25, 0.3) is 5.76 Å². The molecule has 6 heteroatoms.